The van der Waals surface area contributed by atoms with Crippen molar-refractivity contribution in [3.63, 3.8) is 0 Å². The molecule has 0 radical (unpaired) electrons. The van der Waals surface area contributed by atoms with Gasteiger partial charge in [-0.15, -0.1) is 0 Å². The summed E-state index contributed by atoms with van der Waals surface area (Å²) in [6, 6.07) is 8.83. The Bertz CT molecular complexity index is 426. The van der Waals surface area contributed by atoms with Crippen molar-refractivity contribution >= 4 is 11.9 Å². The summed E-state index contributed by atoms with van der Waals surface area (Å²) < 4.78 is 0. The largest absolute Gasteiger partial charge is 0.479 e. The standard InChI is InChI=1S/C14H19NO4/c1-3-15(4-2)14(12(16)17,13(18)19)10-11-8-6-5-7-9-11/h5-9H,3-4,10H2,1-2H3,(H,16,17)(H,18,19). The van der Waals surface area contributed by atoms with Crippen LogP contribution in [0.4, 0.5) is 0 Å². The maximum absolute atomic E-state index is 11.6. The number of benzene rings is 1. The fourth-order valence-corrected chi connectivity index (χ4v) is 2.28. The van der Waals surface area contributed by atoms with Crippen LogP contribution in [-0.2, 0) is 16.0 Å². The number of likely N-dealkylation sites (N-methyl/N-ethyl adjacent to an activating group) is 1. The summed E-state index contributed by atoms with van der Waals surface area (Å²) in [6.45, 7) is 4.24. The minimum Gasteiger partial charge on any atom is -0.479 e. The molecule has 1 aromatic carbocycles. The summed E-state index contributed by atoms with van der Waals surface area (Å²) in [5.74, 6) is -2.65. The molecule has 0 aliphatic rings. The first kappa shape index (κ1) is 15.2. The van der Waals surface area contributed by atoms with Crippen LogP contribution in [-0.4, -0.2) is 45.7 Å². The van der Waals surface area contributed by atoms with Gasteiger partial charge in [0, 0.05) is 6.42 Å². The summed E-state index contributed by atoms with van der Waals surface area (Å²) >= 11 is 0. The van der Waals surface area contributed by atoms with Crippen molar-refractivity contribution < 1.29 is 19.8 Å². The normalized spacial score (nSPS) is 11.5. The van der Waals surface area contributed by atoms with Crippen LogP contribution in [0.15, 0.2) is 30.3 Å². The van der Waals surface area contributed by atoms with Gasteiger partial charge in [-0.2, -0.15) is 0 Å². The molecule has 0 heterocycles. The van der Waals surface area contributed by atoms with Gasteiger partial charge in [0.05, 0.1) is 0 Å². The van der Waals surface area contributed by atoms with Crippen molar-refractivity contribution in [2.45, 2.75) is 25.8 Å². The molecule has 0 saturated heterocycles. The molecule has 0 amide bonds. The highest BCUT2D eigenvalue weighted by molar-refractivity contribution is 6.03. The molecule has 5 heteroatoms. The lowest BCUT2D eigenvalue weighted by atomic mass is 9.88. The molecule has 0 saturated carbocycles. The third-order valence-electron chi connectivity index (χ3n) is 3.31. The number of hydrogen-bond donors (Lipinski definition) is 2. The first-order valence-electron chi connectivity index (χ1n) is 6.24. The Kier molecular flexibility index (Phi) is 5.06. The van der Waals surface area contributed by atoms with Crippen molar-refractivity contribution in [1.82, 2.24) is 4.90 Å². The second kappa shape index (κ2) is 6.33. The van der Waals surface area contributed by atoms with Gasteiger partial charge < -0.3 is 10.2 Å². The van der Waals surface area contributed by atoms with Gasteiger partial charge in [0.15, 0.2) is 0 Å². The third-order valence-corrected chi connectivity index (χ3v) is 3.31. The van der Waals surface area contributed by atoms with Crippen molar-refractivity contribution in [3.8, 4) is 0 Å². The number of nitrogens with zero attached hydrogens (tertiary/aromatic N) is 1. The molecule has 1 aromatic rings. The number of rotatable bonds is 7. The van der Waals surface area contributed by atoms with Crippen LogP contribution in [0.3, 0.4) is 0 Å². The van der Waals surface area contributed by atoms with Gasteiger partial charge in [0.1, 0.15) is 0 Å². The Hall–Kier alpha value is -1.88. The van der Waals surface area contributed by atoms with E-state index in [-0.39, 0.29) is 6.42 Å². The Morgan fingerprint density at radius 1 is 1.05 bits per heavy atom. The molecule has 0 aliphatic heterocycles. The van der Waals surface area contributed by atoms with Gasteiger partial charge in [-0.1, -0.05) is 44.2 Å². The first-order valence-corrected chi connectivity index (χ1v) is 6.24. The Balaban J connectivity index is 3.24. The van der Waals surface area contributed by atoms with Crippen LogP contribution in [0.2, 0.25) is 0 Å². The molecule has 0 unspecified atom stereocenters. The van der Waals surface area contributed by atoms with Crippen molar-refractivity contribution in [1.29, 1.82) is 0 Å². The van der Waals surface area contributed by atoms with E-state index >= 15 is 0 Å². The lowest BCUT2D eigenvalue weighted by Gasteiger charge is -2.36. The average molecular weight is 265 g/mol. The van der Waals surface area contributed by atoms with Gasteiger partial charge in [0.2, 0.25) is 5.54 Å². The molecule has 5 nitrogen and oxygen atoms in total. The number of carbonyl (C=O) groups is 2. The first-order chi connectivity index (χ1) is 8.98. The van der Waals surface area contributed by atoms with Gasteiger partial charge in [-0.3, -0.25) is 4.90 Å². The van der Waals surface area contributed by atoms with E-state index in [1.54, 1.807) is 38.1 Å². The van der Waals surface area contributed by atoms with E-state index < -0.39 is 17.5 Å². The van der Waals surface area contributed by atoms with Gasteiger partial charge in [0.25, 0.3) is 0 Å². The predicted molar refractivity (Wildman–Crippen MR) is 71.1 cm³/mol. The monoisotopic (exact) mass is 265 g/mol. The predicted octanol–water partition coefficient (Wildman–Crippen LogP) is 1.48. The topological polar surface area (TPSA) is 77.8 Å². The lowest BCUT2D eigenvalue weighted by Crippen LogP contribution is -2.61. The van der Waals surface area contributed by atoms with E-state index in [0.29, 0.717) is 18.7 Å². The minimum atomic E-state index is -1.91. The van der Waals surface area contributed by atoms with E-state index in [0.717, 1.165) is 0 Å². The maximum Gasteiger partial charge on any atom is 0.336 e. The van der Waals surface area contributed by atoms with Gasteiger partial charge in [-0.05, 0) is 18.7 Å². The highest BCUT2D eigenvalue weighted by Gasteiger charge is 2.50. The maximum atomic E-state index is 11.6. The molecule has 0 atom stereocenters. The Labute approximate surface area is 112 Å². The fraction of sp³-hybridized carbons (Fsp3) is 0.429. The summed E-state index contributed by atoms with van der Waals surface area (Å²) in [7, 11) is 0. The van der Waals surface area contributed by atoms with Crippen LogP contribution >= 0.6 is 0 Å². The molecule has 1 rings (SSSR count). The van der Waals surface area contributed by atoms with E-state index in [1.165, 1.54) is 4.90 Å². The zero-order valence-corrected chi connectivity index (χ0v) is 11.2. The summed E-state index contributed by atoms with van der Waals surface area (Å²) in [5, 5.41) is 18.9. The summed E-state index contributed by atoms with van der Waals surface area (Å²) in [6.07, 6.45) is -0.0554. The van der Waals surface area contributed by atoms with Crippen molar-refractivity contribution in [3.05, 3.63) is 35.9 Å². The smallest absolute Gasteiger partial charge is 0.336 e. The fourth-order valence-electron chi connectivity index (χ4n) is 2.28. The summed E-state index contributed by atoms with van der Waals surface area (Å²) in [4.78, 5) is 24.7. The van der Waals surface area contributed by atoms with E-state index in [4.69, 9.17) is 0 Å². The second-order valence-electron chi connectivity index (χ2n) is 4.31. The van der Waals surface area contributed by atoms with Crippen molar-refractivity contribution in [2.75, 3.05) is 13.1 Å². The number of carboxylic acids is 2. The van der Waals surface area contributed by atoms with E-state index in [9.17, 15) is 19.8 Å². The number of hydrogen-bond acceptors (Lipinski definition) is 3. The third kappa shape index (κ3) is 2.93. The highest BCUT2D eigenvalue weighted by Crippen LogP contribution is 2.22. The number of carboxylic acid groups (broad SMARTS) is 2. The van der Waals surface area contributed by atoms with Crippen LogP contribution in [0.25, 0.3) is 0 Å². The van der Waals surface area contributed by atoms with E-state index in [2.05, 4.69) is 0 Å². The zero-order chi connectivity index (χ0) is 14.5. The Morgan fingerprint density at radius 3 is 1.89 bits per heavy atom. The average Bonchev–Trinajstić information content (AvgIpc) is 2.39. The van der Waals surface area contributed by atoms with Gasteiger partial charge >= 0.3 is 11.9 Å². The van der Waals surface area contributed by atoms with Crippen LogP contribution in [0.1, 0.15) is 19.4 Å². The second-order valence-corrected chi connectivity index (χ2v) is 4.31. The molecule has 0 fully saturated rings. The van der Waals surface area contributed by atoms with Crippen LogP contribution in [0, 0.1) is 0 Å². The van der Waals surface area contributed by atoms with Crippen LogP contribution in [0.5, 0.6) is 0 Å². The SMILES string of the molecule is CCN(CC)C(Cc1ccccc1)(C(=O)O)C(=O)O. The molecular weight excluding hydrogens is 246 g/mol. The highest BCUT2D eigenvalue weighted by atomic mass is 16.4. The molecule has 0 spiro atoms. The summed E-state index contributed by atoms with van der Waals surface area (Å²) in [5.41, 5.74) is -1.22. The zero-order valence-electron chi connectivity index (χ0n) is 11.2. The van der Waals surface area contributed by atoms with E-state index in [1.807, 2.05) is 6.07 Å². The minimum absolute atomic E-state index is 0.0554. The molecule has 2 N–H and O–H groups in total. The Morgan fingerprint density at radius 2 is 1.53 bits per heavy atom. The molecule has 0 aromatic heterocycles. The van der Waals surface area contributed by atoms with Gasteiger partial charge in [-0.25, -0.2) is 9.59 Å². The number of aliphatic carboxylic acids is 2. The van der Waals surface area contributed by atoms with Crippen LogP contribution < -0.4 is 0 Å². The lowest BCUT2D eigenvalue weighted by molar-refractivity contribution is -0.167. The molecule has 104 valence electrons. The quantitative estimate of drug-likeness (QED) is 0.730. The molecular formula is C14H19NO4. The van der Waals surface area contributed by atoms with Crippen molar-refractivity contribution in [2.24, 2.45) is 0 Å². The molecule has 0 aliphatic carbocycles. The molecule has 0 bridgehead atoms. The molecule has 19 heavy (non-hydrogen) atoms.